The monoisotopic (exact) mass is 587 g/mol. The first-order valence-electron chi connectivity index (χ1n) is 14.4. The molecule has 0 amide bonds. The van der Waals surface area contributed by atoms with E-state index in [2.05, 4.69) is 91.0 Å². The summed E-state index contributed by atoms with van der Waals surface area (Å²) in [6.07, 6.45) is 2.61. The maximum Gasteiger partial charge on any atom is 0.201 e. The van der Waals surface area contributed by atoms with Gasteiger partial charge in [0.25, 0.3) is 0 Å². The van der Waals surface area contributed by atoms with Crippen LogP contribution in [0.3, 0.4) is 0 Å². The smallest absolute Gasteiger partial charge is 0.201 e. The van der Waals surface area contributed by atoms with Crippen LogP contribution in [0, 0.1) is 6.92 Å². The van der Waals surface area contributed by atoms with Gasteiger partial charge in [0, 0.05) is 17.2 Å². The summed E-state index contributed by atoms with van der Waals surface area (Å²) in [7, 11) is -1.94. The van der Waals surface area contributed by atoms with Gasteiger partial charge in [-0.05, 0) is 79.9 Å². The van der Waals surface area contributed by atoms with E-state index < -0.39 is 18.8 Å². The Morgan fingerprint density at radius 1 is 0.605 bits per heavy atom. The molecule has 5 aromatic rings. The van der Waals surface area contributed by atoms with Crippen LogP contribution in [0.4, 0.5) is 0 Å². The van der Waals surface area contributed by atoms with Crippen LogP contribution in [-0.4, -0.2) is 34.5 Å². The topological polar surface area (TPSA) is 83.8 Å². The van der Waals surface area contributed by atoms with Crippen LogP contribution in [0.15, 0.2) is 115 Å². The Morgan fingerprint density at radius 3 is 1.63 bits per heavy atom. The van der Waals surface area contributed by atoms with E-state index in [0.29, 0.717) is 17.9 Å². The summed E-state index contributed by atoms with van der Waals surface area (Å²) in [5, 5.41) is 25.1. The zero-order valence-electron chi connectivity index (χ0n) is 23.9. The number of rotatable bonds is 9. The van der Waals surface area contributed by atoms with Crippen molar-refractivity contribution in [2.24, 2.45) is 0 Å². The fourth-order valence-corrected chi connectivity index (χ4v) is 10.5. The third-order valence-electron chi connectivity index (χ3n) is 8.04. The first-order chi connectivity index (χ1) is 20.9. The number of ether oxygens (including phenoxy) is 1. The average molecular weight is 588 g/mol. The second-order valence-corrected chi connectivity index (χ2v) is 14.4. The van der Waals surface area contributed by atoms with Crippen LogP contribution >= 0.6 is 7.26 Å². The molecule has 6 rings (SSSR count). The molecule has 0 radical (unpaired) electrons. The van der Waals surface area contributed by atoms with Crippen LogP contribution in [0.25, 0.3) is 0 Å². The summed E-state index contributed by atoms with van der Waals surface area (Å²) >= 11 is 0. The van der Waals surface area contributed by atoms with Crippen molar-refractivity contribution >= 4 is 34.7 Å². The predicted octanol–water partition coefficient (Wildman–Crippen LogP) is 6.33. The second-order valence-electron chi connectivity index (χ2n) is 10.8. The number of hydrogen-bond donors (Lipinski definition) is 2. The van der Waals surface area contributed by atoms with Gasteiger partial charge in [0.1, 0.15) is 40.4 Å². The van der Waals surface area contributed by atoms with Gasteiger partial charge in [-0.1, -0.05) is 54.6 Å². The van der Waals surface area contributed by atoms with Gasteiger partial charge in [-0.3, -0.25) is 9.59 Å². The number of benzene rings is 5. The fraction of sp³-hybridized carbons (Fsp3) is 0.135. The first-order valence-corrected chi connectivity index (χ1v) is 16.4. The van der Waals surface area contributed by atoms with Crippen LogP contribution in [0.1, 0.15) is 50.2 Å². The molecule has 0 fully saturated rings. The second kappa shape index (κ2) is 11.9. The Balaban J connectivity index is 1.23. The van der Waals surface area contributed by atoms with Gasteiger partial charge < -0.3 is 14.9 Å². The molecule has 0 heterocycles. The first kappa shape index (κ1) is 28.4. The van der Waals surface area contributed by atoms with E-state index in [1.165, 1.54) is 34.1 Å². The Labute approximate surface area is 251 Å². The van der Waals surface area contributed by atoms with Crippen molar-refractivity contribution in [3.8, 4) is 17.2 Å². The van der Waals surface area contributed by atoms with Gasteiger partial charge in [-0.15, -0.1) is 0 Å². The molecule has 0 bridgehead atoms. The number of phenols is 2. The van der Waals surface area contributed by atoms with Gasteiger partial charge in [0.15, 0.2) is 5.78 Å². The van der Waals surface area contributed by atoms with Crippen molar-refractivity contribution in [2.45, 2.75) is 19.8 Å². The highest BCUT2D eigenvalue weighted by atomic mass is 31.2. The molecule has 0 aromatic heterocycles. The lowest BCUT2D eigenvalue weighted by molar-refractivity contribution is 0.0973. The van der Waals surface area contributed by atoms with Crippen molar-refractivity contribution in [3.05, 3.63) is 143 Å². The number of carbonyl (C=O) groups is 2. The highest BCUT2D eigenvalue weighted by Gasteiger charge is 2.44. The lowest BCUT2D eigenvalue weighted by atomic mass is 9.82. The summed E-state index contributed by atoms with van der Waals surface area (Å²) in [6.45, 7) is 2.13. The highest BCUT2D eigenvalue weighted by Crippen LogP contribution is 2.56. The largest absolute Gasteiger partial charge is 0.507 e. The molecular weight excluding hydrogens is 555 g/mol. The van der Waals surface area contributed by atoms with Crippen molar-refractivity contribution in [1.82, 2.24) is 0 Å². The molecule has 5 nitrogen and oxygen atoms in total. The molecule has 6 heteroatoms. The molecule has 1 aliphatic rings. The minimum absolute atomic E-state index is 0.0749. The van der Waals surface area contributed by atoms with Gasteiger partial charge in [0.2, 0.25) is 5.78 Å². The number of unbranched alkanes of at least 4 members (excludes halogenated alkanes) is 1. The Morgan fingerprint density at radius 2 is 1.09 bits per heavy atom. The van der Waals surface area contributed by atoms with Crippen molar-refractivity contribution in [1.29, 1.82) is 0 Å². The third kappa shape index (κ3) is 5.22. The van der Waals surface area contributed by atoms with Crippen LogP contribution in [0.2, 0.25) is 0 Å². The number of ketones is 2. The van der Waals surface area contributed by atoms with E-state index in [-0.39, 0.29) is 33.8 Å². The molecule has 0 saturated carbocycles. The molecule has 0 unspecified atom stereocenters. The number of aromatic hydroxyl groups is 2. The highest BCUT2D eigenvalue weighted by molar-refractivity contribution is 7.95. The number of hydrogen-bond acceptors (Lipinski definition) is 5. The molecule has 1 aliphatic carbocycles. The van der Waals surface area contributed by atoms with E-state index >= 15 is 0 Å². The lowest BCUT2D eigenvalue weighted by Crippen LogP contribution is -2.33. The fourth-order valence-electron chi connectivity index (χ4n) is 6.08. The molecular formula is C37H32O5P+. The van der Waals surface area contributed by atoms with Crippen molar-refractivity contribution < 1.29 is 24.5 Å². The normalized spacial score (nSPS) is 12.5. The molecule has 5 aromatic carbocycles. The number of fused-ring (bicyclic) bond motifs is 2. The molecule has 0 aliphatic heterocycles. The maximum absolute atomic E-state index is 13.3. The van der Waals surface area contributed by atoms with Crippen LogP contribution in [-0.2, 0) is 0 Å². The summed E-state index contributed by atoms with van der Waals surface area (Å²) in [4.78, 5) is 26.5. The summed E-state index contributed by atoms with van der Waals surface area (Å²) < 4.78 is 6.04. The van der Waals surface area contributed by atoms with E-state index in [1.807, 2.05) is 0 Å². The molecule has 214 valence electrons. The predicted molar refractivity (Wildman–Crippen MR) is 173 cm³/mol. The zero-order chi connectivity index (χ0) is 30.0. The third-order valence-corrected chi connectivity index (χ3v) is 12.6. The number of aryl methyl sites for hydroxylation is 1. The molecule has 2 N–H and O–H groups in total. The Kier molecular flexibility index (Phi) is 7.84. The van der Waals surface area contributed by atoms with Crippen molar-refractivity contribution in [3.63, 3.8) is 0 Å². The van der Waals surface area contributed by atoms with Gasteiger partial charge in [0.05, 0.1) is 23.9 Å². The quantitative estimate of drug-likeness (QED) is 0.153. The van der Waals surface area contributed by atoms with E-state index in [1.54, 1.807) is 13.0 Å². The minimum Gasteiger partial charge on any atom is -0.507 e. The van der Waals surface area contributed by atoms with Gasteiger partial charge in [-0.2, -0.15) is 0 Å². The van der Waals surface area contributed by atoms with E-state index in [0.717, 1.165) is 19.0 Å². The van der Waals surface area contributed by atoms with Gasteiger partial charge >= 0.3 is 0 Å². The van der Waals surface area contributed by atoms with Crippen LogP contribution in [0.5, 0.6) is 17.2 Å². The number of carbonyl (C=O) groups excluding carboxylic acids is 2. The minimum atomic E-state index is -1.94. The zero-order valence-corrected chi connectivity index (χ0v) is 24.8. The molecule has 0 spiro atoms. The average Bonchev–Trinajstić information content (AvgIpc) is 3.02. The molecule has 0 saturated heterocycles. The van der Waals surface area contributed by atoms with Crippen molar-refractivity contribution in [2.75, 3.05) is 12.8 Å². The standard InChI is InChI=1S/C37H31O5P/c1-25-21-30-34(32(38)22-25)37(41)35-31(36(30)40)23-26(24-33(35)39)42-19-11-12-20-43(27-13-5-2-6-14-27,28-15-7-3-8-16-28)29-17-9-4-10-18-29/h2-10,13-18,21-24H,11-12,19-20H2,1H3,(H-,38,39,41)/p+1. The summed E-state index contributed by atoms with van der Waals surface area (Å²) in [5.41, 5.74) is 0.702. The van der Waals surface area contributed by atoms with Crippen LogP contribution < -0.4 is 20.7 Å². The SMILES string of the molecule is Cc1cc(O)c2c(c1)C(=O)c1cc(OCCCC[P+](c3ccccc3)(c3ccccc3)c3ccccc3)cc(O)c1C2=O. The summed E-state index contributed by atoms with van der Waals surface area (Å²) in [5.74, 6) is -1.27. The molecule has 0 atom stereocenters. The Hall–Kier alpha value is -4.73. The van der Waals surface area contributed by atoms with E-state index in [4.69, 9.17) is 4.74 Å². The molecule has 43 heavy (non-hydrogen) atoms. The van der Waals surface area contributed by atoms with Gasteiger partial charge in [-0.25, -0.2) is 0 Å². The van der Waals surface area contributed by atoms with E-state index in [9.17, 15) is 19.8 Å². The number of phenolic OH excluding ortho intramolecular Hbond substituents is 2. The maximum atomic E-state index is 13.3. The lowest BCUT2D eigenvalue weighted by Gasteiger charge is -2.27. The Bertz CT molecular complexity index is 1700. The summed E-state index contributed by atoms with van der Waals surface area (Å²) in [6, 6.07) is 38.1.